The van der Waals surface area contributed by atoms with Crippen molar-refractivity contribution in [3.63, 3.8) is 0 Å². The fraction of sp³-hybridized carbons (Fsp3) is 0.879. The van der Waals surface area contributed by atoms with E-state index in [1.165, 1.54) is 0 Å². The number of nitrogens with zero attached hydrogens (tertiary/aromatic N) is 2. The molecule has 5 rings (SSSR count). The molecule has 0 bridgehead atoms. The van der Waals surface area contributed by atoms with Crippen LogP contribution in [0.15, 0.2) is 5.16 Å². The molecule has 5 fully saturated rings. The van der Waals surface area contributed by atoms with E-state index in [-0.39, 0.29) is 22.7 Å². The average molecular weight is 698 g/mol. The minimum atomic E-state index is -5.08. The zero-order valence-electron chi connectivity index (χ0n) is 28.3. The van der Waals surface area contributed by atoms with Crippen molar-refractivity contribution in [2.75, 3.05) is 20.1 Å². The van der Waals surface area contributed by atoms with Crippen LogP contribution in [0.25, 0.3) is 0 Å². The number of oxime groups is 1. The van der Waals surface area contributed by atoms with Crippen LogP contribution in [0.3, 0.4) is 0 Å². The van der Waals surface area contributed by atoms with E-state index in [9.17, 15) is 35.9 Å². The topological polar surface area (TPSA) is 118 Å². The monoisotopic (exact) mass is 697 g/mol. The highest BCUT2D eigenvalue weighted by Gasteiger charge is 2.62. The summed E-state index contributed by atoms with van der Waals surface area (Å²) in [5.41, 5.74) is -0.0221. The van der Waals surface area contributed by atoms with Crippen LogP contribution in [-0.2, 0) is 19.2 Å². The molecule has 2 unspecified atom stereocenters. The number of carbonyl (C=O) groups is 3. The average Bonchev–Trinajstić information content (AvgIpc) is 3.62. The van der Waals surface area contributed by atoms with E-state index in [1.54, 1.807) is 18.9 Å². The number of fused-ring (bicyclic) bond motifs is 5. The number of carboxylic acid groups (broad SMARTS) is 1. The Morgan fingerprint density at radius 1 is 0.896 bits per heavy atom. The van der Waals surface area contributed by atoms with Gasteiger partial charge in [-0.15, -0.1) is 0 Å². The minimum Gasteiger partial charge on any atom is -0.475 e. The van der Waals surface area contributed by atoms with Gasteiger partial charge in [0.2, 0.25) is 0 Å². The first kappa shape index (κ1) is 38.2. The highest BCUT2D eigenvalue weighted by molar-refractivity contribution is 5.85. The van der Waals surface area contributed by atoms with Crippen LogP contribution in [0, 0.1) is 40.4 Å². The smallest absolute Gasteiger partial charge is 0.475 e. The molecule has 0 spiro atoms. The quantitative estimate of drug-likeness (QED) is 0.102. The molecular formula is C33H49F6N3O6. The summed E-state index contributed by atoms with van der Waals surface area (Å²) >= 11 is 0. The normalized spacial score (nSPS) is 38.0. The third-order valence-corrected chi connectivity index (χ3v) is 12.5. The van der Waals surface area contributed by atoms with E-state index >= 15 is 0 Å². The number of ether oxygens (including phenoxy) is 1. The number of hydrogen-bond acceptors (Lipinski definition) is 7. The van der Waals surface area contributed by atoms with Crippen LogP contribution < -0.4 is 5.32 Å². The highest BCUT2D eigenvalue weighted by Crippen LogP contribution is 2.68. The van der Waals surface area contributed by atoms with Crippen LogP contribution in [0.5, 0.6) is 0 Å². The Balaban J connectivity index is 0.000000671. The van der Waals surface area contributed by atoms with E-state index in [0.29, 0.717) is 43.2 Å². The lowest BCUT2D eigenvalue weighted by Crippen LogP contribution is -2.56. The number of likely N-dealkylation sites (N-methyl/N-ethyl adjacent to an activating group) is 1. The number of amides is 1. The number of nitrogens with one attached hydrogen (secondary N) is 1. The second-order valence-corrected chi connectivity index (χ2v) is 15.4. The van der Waals surface area contributed by atoms with Crippen LogP contribution in [-0.4, -0.2) is 77.9 Å². The van der Waals surface area contributed by atoms with Crippen molar-refractivity contribution in [3.8, 4) is 0 Å². The Bertz CT molecular complexity index is 1240. The molecule has 9 atom stereocenters. The summed E-state index contributed by atoms with van der Waals surface area (Å²) in [5, 5.41) is 14.9. The molecule has 48 heavy (non-hydrogen) atoms. The molecule has 4 saturated carbocycles. The van der Waals surface area contributed by atoms with E-state index < -0.39 is 36.0 Å². The van der Waals surface area contributed by atoms with Gasteiger partial charge < -0.3 is 20.1 Å². The van der Waals surface area contributed by atoms with Crippen molar-refractivity contribution in [1.82, 2.24) is 10.2 Å². The summed E-state index contributed by atoms with van der Waals surface area (Å²) in [7, 11) is 1.76. The molecule has 0 aromatic rings. The largest absolute Gasteiger partial charge is 0.490 e. The molecule has 1 aliphatic heterocycles. The van der Waals surface area contributed by atoms with Gasteiger partial charge in [-0.25, -0.2) is 14.4 Å². The SMILES string of the molecule is C/C(=N\OC(=O)N(C)CC1CCCN1)[C@H]1CC[C@H]2[C@@H]3CCC4C[C@](C)(OC(=O)C(F)(F)F)CC[C@]4(C)[C@H]3CC[C@]12C.O=C(O)C(F)(F)F. The van der Waals surface area contributed by atoms with Crippen LogP contribution in [0.1, 0.15) is 98.3 Å². The summed E-state index contributed by atoms with van der Waals surface area (Å²) < 4.78 is 75.6. The highest BCUT2D eigenvalue weighted by atomic mass is 19.4. The summed E-state index contributed by atoms with van der Waals surface area (Å²) in [6.45, 7) is 10.0. The van der Waals surface area contributed by atoms with Crippen molar-refractivity contribution in [1.29, 1.82) is 0 Å². The number of esters is 1. The van der Waals surface area contributed by atoms with Crippen molar-refractivity contribution in [2.24, 2.45) is 45.6 Å². The van der Waals surface area contributed by atoms with E-state index in [0.717, 1.165) is 70.0 Å². The Morgan fingerprint density at radius 3 is 2.12 bits per heavy atom. The summed E-state index contributed by atoms with van der Waals surface area (Å²) in [6, 6.07) is 0.312. The van der Waals surface area contributed by atoms with Gasteiger partial charge in [0.05, 0.1) is 5.71 Å². The zero-order valence-corrected chi connectivity index (χ0v) is 28.3. The molecule has 274 valence electrons. The maximum absolute atomic E-state index is 12.9. The van der Waals surface area contributed by atoms with Gasteiger partial charge in [0.1, 0.15) is 5.60 Å². The van der Waals surface area contributed by atoms with E-state index in [2.05, 4.69) is 24.3 Å². The van der Waals surface area contributed by atoms with Gasteiger partial charge in [-0.1, -0.05) is 19.0 Å². The number of alkyl halides is 6. The van der Waals surface area contributed by atoms with Crippen molar-refractivity contribution < 1.29 is 55.4 Å². The Kier molecular flexibility index (Phi) is 11.1. The van der Waals surface area contributed by atoms with E-state index in [1.807, 2.05) is 6.92 Å². The molecule has 1 saturated heterocycles. The Labute approximate surface area is 277 Å². The molecule has 4 aliphatic carbocycles. The molecule has 0 aromatic heterocycles. The van der Waals surface area contributed by atoms with Crippen LogP contribution in [0.4, 0.5) is 31.1 Å². The summed E-state index contributed by atoms with van der Waals surface area (Å²) in [4.78, 5) is 40.2. The van der Waals surface area contributed by atoms with E-state index in [4.69, 9.17) is 19.5 Å². The summed E-state index contributed by atoms with van der Waals surface area (Å²) in [5.74, 6) is -2.65. The van der Waals surface area contributed by atoms with Gasteiger partial charge in [0, 0.05) is 25.6 Å². The second-order valence-electron chi connectivity index (χ2n) is 15.4. The second kappa shape index (κ2) is 14.0. The third-order valence-electron chi connectivity index (χ3n) is 12.5. The molecule has 0 aromatic carbocycles. The molecule has 0 radical (unpaired) electrons. The molecular weight excluding hydrogens is 648 g/mol. The first-order valence-corrected chi connectivity index (χ1v) is 16.9. The zero-order chi connectivity index (χ0) is 35.9. The standard InChI is InChI=1S/C31H48F3N3O4.C2HF3O2/c1-19(36-41-27(39)37(5)18-21-7-6-16-35-21)23-10-11-24-22-9-8-20-17-28(2,40-26(38)31(32,33)34)14-15-29(20,3)25(22)12-13-30(23,24)4;3-2(4,5)1(6)7/h20-25,35H,6-18H2,1-5H3;(H,6,7)/b36-19+;/t20?,21?,22-,23+,24-,25-,28+,29-,30+;/m0./s1. The molecule has 9 nitrogen and oxygen atoms in total. The van der Waals surface area contributed by atoms with Crippen molar-refractivity contribution >= 4 is 23.7 Å². The van der Waals surface area contributed by atoms with Gasteiger partial charge in [0.15, 0.2) is 0 Å². The molecule has 15 heteroatoms. The van der Waals surface area contributed by atoms with Crippen molar-refractivity contribution in [2.45, 2.75) is 122 Å². The van der Waals surface area contributed by atoms with Crippen molar-refractivity contribution in [3.05, 3.63) is 0 Å². The first-order valence-electron chi connectivity index (χ1n) is 16.9. The Morgan fingerprint density at radius 2 is 1.54 bits per heavy atom. The number of aliphatic carboxylic acids is 1. The fourth-order valence-electron chi connectivity index (χ4n) is 10.0. The number of halogens is 6. The molecule has 1 heterocycles. The lowest BCUT2D eigenvalue weighted by molar-refractivity contribution is -0.223. The predicted octanol–water partition coefficient (Wildman–Crippen LogP) is 7.34. The lowest BCUT2D eigenvalue weighted by atomic mass is 9.44. The van der Waals surface area contributed by atoms with Crippen LogP contribution in [0.2, 0.25) is 0 Å². The number of carbonyl (C=O) groups excluding carboxylic acids is 2. The third kappa shape index (κ3) is 8.07. The molecule has 2 N–H and O–H groups in total. The van der Waals surface area contributed by atoms with Gasteiger partial charge >= 0.3 is 30.4 Å². The lowest BCUT2D eigenvalue weighted by Gasteiger charge is -2.62. The summed E-state index contributed by atoms with van der Waals surface area (Å²) in [6.07, 6.45) is -0.179. The number of carboxylic acids is 1. The predicted molar refractivity (Wildman–Crippen MR) is 163 cm³/mol. The van der Waals surface area contributed by atoms with Gasteiger partial charge in [0.25, 0.3) is 0 Å². The first-order chi connectivity index (χ1) is 22.1. The molecule has 1 amide bonds. The number of hydrogen-bond donors (Lipinski definition) is 2. The van der Waals surface area contributed by atoms with Gasteiger partial charge in [-0.05, 0) is 126 Å². The maximum Gasteiger partial charge on any atom is 0.490 e. The number of rotatable bonds is 5. The minimum absolute atomic E-state index is 0.0455. The fourth-order valence-corrected chi connectivity index (χ4v) is 10.0. The maximum atomic E-state index is 12.9. The molecule has 5 aliphatic rings. The van der Waals surface area contributed by atoms with Crippen LogP contribution >= 0.6 is 0 Å². The van der Waals surface area contributed by atoms with Gasteiger partial charge in [-0.2, -0.15) is 26.3 Å². The Hall–Kier alpha value is -2.58. The van der Waals surface area contributed by atoms with Gasteiger partial charge in [-0.3, -0.25) is 4.84 Å².